The van der Waals surface area contributed by atoms with Crippen molar-refractivity contribution < 1.29 is 22.7 Å². The zero-order valence-corrected chi connectivity index (χ0v) is 16.5. The highest BCUT2D eigenvalue weighted by molar-refractivity contribution is 7.99. The number of rotatable bonds is 6. The number of nitrogens with one attached hydrogen (secondary N) is 1. The van der Waals surface area contributed by atoms with Gasteiger partial charge in [0.1, 0.15) is 5.75 Å². The molecule has 0 saturated carbocycles. The lowest BCUT2D eigenvalue weighted by Crippen LogP contribution is -2.17. The average molecular weight is 443 g/mol. The zero-order chi connectivity index (χ0) is 21.0. The van der Waals surface area contributed by atoms with Gasteiger partial charge in [-0.05, 0) is 48.5 Å². The Hall–Kier alpha value is -2.72. The monoisotopic (exact) mass is 442 g/mol. The van der Waals surface area contributed by atoms with Crippen LogP contribution in [0.1, 0.15) is 0 Å². The predicted molar refractivity (Wildman–Crippen MR) is 104 cm³/mol. The van der Waals surface area contributed by atoms with Crippen LogP contribution >= 0.6 is 23.4 Å². The van der Waals surface area contributed by atoms with Gasteiger partial charge in [0.2, 0.25) is 5.91 Å². The zero-order valence-electron chi connectivity index (χ0n) is 14.9. The molecular formula is C18H14ClF3N4O2S. The van der Waals surface area contributed by atoms with E-state index >= 15 is 0 Å². The first-order chi connectivity index (χ1) is 13.7. The fraction of sp³-hybridized carbons (Fsp3) is 0.167. The van der Waals surface area contributed by atoms with E-state index in [-0.39, 0.29) is 17.4 Å². The van der Waals surface area contributed by atoms with E-state index in [9.17, 15) is 18.0 Å². The summed E-state index contributed by atoms with van der Waals surface area (Å²) < 4.78 is 42.0. The number of amides is 1. The summed E-state index contributed by atoms with van der Waals surface area (Å²) in [6.45, 7) is 0. The number of aromatic nitrogens is 3. The molecule has 0 aliphatic carbocycles. The summed E-state index contributed by atoms with van der Waals surface area (Å²) in [7, 11) is 1.78. The number of carbonyl (C=O) groups excluding carboxylic acids is 1. The van der Waals surface area contributed by atoms with Crippen LogP contribution in [0.15, 0.2) is 53.7 Å². The molecule has 1 amide bonds. The van der Waals surface area contributed by atoms with E-state index in [1.165, 1.54) is 23.9 Å². The number of thioether (sulfide) groups is 1. The molecule has 0 aliphatic heterocycles. The van der Waals surface area contributed by atoms with Crippen LogP contribution in [0, 0.1) is 0 Å². The minimum absolute atomic E-state index is 0.0490. The number of alkyl halides is 3. The molecule has 0 aliphatic rings. The van der Waals surface area contributed by atoms with Gasteiger partial charge in [-0.1, -0.05) is 23.4 Å². The molecule has 6 nitrogen and oxygen atoms in total. The largest absolute Gasteiger partial charge is 0.573 e. The van der Waals surface area contributed by atoms with Gasteiger partial charge in [-0.25, -0.2) is 0 Å². The Kier molecular flexibility index (Phi) is 6.33. The maximum absolute atomic E-state index is 12.2. The summed E-state index contributed by atoms with van der Waals surface area (Å²) in [6.07, 6.45) is -4.76. The molecule has 2 aromatic carbocycles. The highest BCUT2D eigenvalue weighted by Crippen LogP contribution is 2.25. The van der Waals surface area contributed by atoms with E-state index in [0.717, 1.165) is 17.7 Å². The van der Waals surface area contributed by atoms with Crippen molar-refractivity contribution in [1.29, 1.82) is 0 Å². The number of hydrogen-bond acceptors (Lipinski definition) is 5. The van der Waals surface area contributed by atoms with E-state index < -0.39 is 6.36 Å². The summed E-state index contributed by atoms with van der Waals surface area (Å²) in [5.41, 5.74) is 1.19. The van der Waals surface area contributed by atoms with Crippen molar-refractivity contribution in [3.63, 3.8) is 0 Å². The second kappa shape index (κ2) is 8.75. The molecule has 11 heteroatoms. The lowest BCUT2D eigenvalue weighted by Gasteiger charge is -2.10. The van der Waals surface area contributed by atoms with Crippen LogP contribution in [0.4, 0.5) is 18.9 Å². The molecule has 0 atom stereocenters. The van der Waals surface area contributed by atoms with Crippen LogP contribution in [0.25, 0.3) is 11.4 Å². The molecule has 1 heterocycles. The second-order valence-electron chi connectivity index (χ2n) is 5.78. The molecule has 1 N–H and O–H groups in total. The summed E-state index contributed by atoms with van der Waals surface area (Å²) >= 11 is 7.07. The van der Waals surface area contributed by atoms with E-state index in [2.05, 4.69) is 20.3 Å². The molecule has 1 aromatic heterocycles. The van der Waals surface area contributed by atoms with Crippen molar-refractivity contribution in [3.05, 3.63) is 53.6 Å². The Morgan fingerprint density at radius 3 is 2.41 bits per heavy atom. The highest BCUT2D eigenvalue weighted by Gasteiger charge is 2.30. The predicted octanol–water partition coefficient (Wildman–Crippen LogP) is 4.76. The third kappa shape index (κ3) is 5.88. The van der Waals surface area contributed by atoms with Crippen LogP contribution in [0.3, 0.4) is 0 Å². The molecular weight excluding hydrogens is 429 g/mol. The van der Waals surface area contributed by atoms with Gasteiger partial charge in [0.05, 0.1) is 5.75 Å². The van der Waals surface area contributed by atoms with Crippen molar-refractivity contribution in [3.8, 4) is 17.1 Å². The number of nitrogens with zero attached hydrogens (tertiary/aromatic N) is 3. The van der Waals surface area contributed by atoms with Crippen molar-refractivity contribution >= 4 is 35.0 Å². The SMILES string of the molecule is Cn1c(SCC(=O)Nc2ccc(OC(F)(F)F)cc2)nnc1-c1ccc(Cl)cc1. The van der Waals surface area contributed by atoms with Crippen LogP contribution in [-0.4, -0.2) is 32.8 Å². The van der Waals surface area contributed by atoms with Crippen LogP contribution in [0.2, 0.25) is 5.02 Å². The van der Waals surface area contributed by atoms with Gasteiger partial charge in [-0.2, -0.15) is 0 Å². The Morgan fingerprint density at radius 1 is 1.14 bits per heavy atom. The Bertz CT molecular complexity index is 992. The fourth-order valence-electron chi connectivity index (χ4n) is 2.36. The number of benzene rings is 2. The maximum Gasteiger partial charge on any atom is 0.573 e. The maximum atomic E-state index is 12.2. The van der Waals surface area contributed by atoms with Gasteiger partial charge in [-0.15, -0.1) is 23.4 Å². The molecule has 29 heavy (non-hydrogen) atoms. The molecule has 0 spiro atoms. The molecule has 152 valence electrons. The molecule has 0 unspecified atom stereocenters. The van der Waals surface area contributed by atoms with E-state index in [0.29, 0.717) is 21.7 Å². The lowest BCUT2D eigenvalue weighted by molar-refractivity contribution is -0.274. The molecule has 0 radical (unpaired) electrons. The van der Waals surface area contributed by atoms with Gasteiger partial charge >= 0.3 is 6.36 Å². The quantitative estimate of drug-likeness (QED) is 0.557. The first-order valence-corrected chi connectivity index (χ1v) is 9.51. The summed E-state index contributed by atoms with van der Waals surface area (Å²) in [5, 5.41) is 12.0. The summed E-state index contributed by atoms with van der Waals surface area (Å²) in [6, 6.07) is 12.0. The fourth-order valence-corrected chi connectivity index (χ4v) is 3.20. The Morgan fingerprint density at radius 2 is 1.79 bits per heavy atom. The van der Waals surface area contributed by atoms with Crippen molar-refractivity contribution in [2.75, 3.05) is 11.1 Å². The standard InChI is InChI=1S/C18H14ClF3N4O2S/c1-26-16(11-2-4-12(19)5-3-11)24-25-17(26)29-10-15(27)23-13-6-8-14(9-7-13)28-18(20,21)22/h2-9H,10H2,1H3,(H,23,27). The van der Waals surface area contributed by atoms with Gasteiger partial charge in [0, 0.05) is 23.3 Å². The van der Waals surface area contributed by atoms with Gasteiger partial charge in [-0.3, -0.25) is 4.79 Å². The minimum atomic E-state index is -4.76. The van der Waals surface area contributed by atoms with Crippen LogP contribution < -0.4 is 10.1 Å². The molecule has 3 aromatic rings. The minimum Gasteiger partial charge on any atom is -0.406 e. The smallest absolute Gasteiger partial charge is 0.406 e. The highest BCUT2D eigenvalue weighted by atomic mass is 35.5. The third-order valence-electron chi connectivity index (χ3n) is 3.64. The number of carbonyl (C=O) groups is 1. The van der Waals surface area contributed by atoms with Crippen LogP contribution in [-0.2, 0) is 11.8 Å². The first-order valence-electron chi connectivity index (χ1n) is 8.15. The number of anilines is 1. The second-order valence-corrected chi connectivity index (χ2v) is 7.16. The molecule has 0 fully saturated rings. The van der Waals surface area contributed by atoms with Gasteiger partial charge in [0.25, 0.3) is 0 Å². The number of hydrogen-bond donors (Lipinski definition) is 1. The van der Waals surface area contributed by atoms with E-state index in [1.54, 1.807) is 23.7 Å². The van der Waals surface area contributed by atoms with Crippen molar-refractivity contribution in [2.24, 2.45) is 7.05 Å². The number of ether oxygens (including phenoxy) is 1. The van der Waals surface area contributed by atoms with Crippen molar-refractivity contribution in [2.45, 2.75) is 11.5 Å². The average Bonchev–Trinajstić information content (AvgIpc) is 3.02. The number of halogens is 4. The molecule has 0 bridgehead atoms. The van der Waals surface area contributed by atoms with Gasteiger partial charge < -0.3 is 14.6 Å². The van der Waals surface area contributed by atoms with Crippen molar-refractivity contribution in [1.82, 2.24) is 14.8 Å². The normalized spacial score (nSPS) is 11.3. The van der Waals surface area contributed by atoms with E-state index in [1.807, 2.05) is 12.1 Å². The Balaban J connectivity index is 1.56. The Labute approximate surface area is 173 Å². The van der Waals surface area contributed by atoms with Crippen LogP contribution in [0.5, 0.6) is 5.75 Å². The summed E-state index contributed by atoms with van der Waals surface area (Å²) in [4.78, 5) is 12.1. The topological polar surface area (TPSA) is 69.0 Å². The molecule has 0 saturated heterocycles. The third-order valence-corrected chi connectivity index (χ3v) is 4.91. The molecule has 3 rings (SSSR count). The van der Waals surface area contributed by atoms with Gasteiger partial charge in [0.15, 0.2) is 11.0 Å². The first kappa shape index (κ1) is 21.0. The van der Waals surface area contributed by atoms with E-state index in [4.69, 9.17) is 11.6 Å². The lowest BCUT2D eigenvalue weighted by atomic mass is 10.2. The summed E-state index contributed by atoms with van der Waals surface area (Å²) in [5.74, 6) is -0.0213.